The predicted octanol–water partition coefficient (Wildman–Crippen LogP) is 4.50. The Hall–Kier alpha value is -1.49. The average Bonchev–Trinajstić information content (AvgIpc) is 2.75. The SMILES string of the molecule is C/C=C(\C=C1\CCN(C(=O)OC(C)(C)C)CCC1C)NCC(CC)OC. The van der Waals surface area contributed by atoms with E-state index >= 15 is 0 Å². The van der Waals surface area contributed by atoms with E-state index in [1.165, 1.54) is 5.57 Å². The summed E-state index contributed by atoms with van der Waals surface area (Å²) in [6, 6.07) is 0. The Morgan fingerprint density at radius 1 is 1.38 bits per heavy atom. The fourth-order valence-electron chi connectivity index (χ4n) is 2.94. The molecule has 1 aliphatic heterocycles. The van der Waals surface area contributed by atoms with E-state index in [4.69, 9.17) is 9.47 Å². The van der Waals surface area contributed by atoms with Gasteiger partial charge in [0.2, 0.25) is 0 Å². The Morgan fingerprint density at radius 3 is 2.62 bits per heavy atom. The van der Waals surface area contributed by atoms with Gasteiger partial charge in [0, 0.05) is 32.4 Å². The molecule has 0 aromatic rings. The first-order valence-corrected chi connectivity index (χ1v) is 9.81. The fourth-order valence-corrected chi connectivity index (χ4v) is 2.94. The molecule has 1 amide bonds. The standard InChI is InChI=1S/C21H38N2O3/c1-8-18(22-15-19(9-2)25-7)14-17-11-13-23(12-10-16(17)3)20(24)26-21(4,5)6/h8,14,16,19,22H,9-13,15H2,1-7H3/b17-14-,18-8+. The third-order valence-corrected chi connectivity index (χ3v) is 4.76. The van der Waals surface area contributed by atoms with Crippen LogP contribution in [-0.4, -0.2) is 49.4 Å². The molecule has 2 unspecified atom stereocenters. The van der Waals surface area contributed by atoms with E-state index < -0.39 is 5.60 Å². The van der Waals surface area contributed by atoms with Crippen LogP contribution in [0.5, 0.6) is 0 Å². The smallest absolute Gasteiger partial charge is 0.410 e. The zero-order valence-corrected chi connectivity index (χ0v) is 17.7. The minimum Gasteiger partial charge on any atom is -0.444 e. The number of nitrogens with zero attached hydrogens (tertiary/aromatic N) is 1. The highest BCUT2D eigenvalue weighted by Gasteiger charge is 2.25. The van der Waals surface area contributed by atoms with Crippen LogP contribution >= 0.6 is 0 Å². The number of amides is 1. The van der Waals surface area contributed by atoms with Crippen molar-refractivity contribution in [2.75, 3.05) is 26.7 Å². The van der Waals surface area contributed by atoms with Crippen LogP contribution in [0.3, 0.4) is 0 Å². The van der Waals surface area contributed by atoms with Gasteiger partial charge in [-0.3, -0.25) is 0 Å². The monoisotopic (exact) mass is 366 g/mol. The lowest BCUT2D eigenvalue weighted by molar-refractivity contribution is 0.0256. The summed E-state index contributed by atoms with van der Waals surface area (Å²) in [7, 11) is 1.75. The Balaban J connectivity index is 2.72. The Morgan fingerprint density at radius 2 is 2.08 bits per heavy atom. The maximum absolute atomic E-state index is 12.3. The molecule has 1 heterocycles. The molecule has 1 fully saturated rings. The zero-order chi connectivity index (χ0) is 19.7. The molecule has 0 aromatic carbocycles. The summed E-state index contributed by atoms with van der Waals surface area (Å²) >= 11 is 0. The lowest BCUT2D eigenvalue weighted by atomic mass is 9.95. The van der Waals surface area contributed by atoms with Crippen molar-refractivity contribution in [3.8, 4) is 0 Å². The molecule has 1 aliphatic rings. The number of carbonyl (C=O) groups is 1. The molecule has 2 atom stereocenters. The van der Waals surface area contributed by atoms with E-state index in [1.54, 1.807) is 7.11 Å². The topological polar surface area (TPSA) is 50.8 Å². The minimum atomic E-state index is -0.452. The normalized spacial score (nSPS) is 22.1. The lowest BCUT2D eigenvalue weighted by Crippen LogP contribution is -2.37. The molecule has 0 aliphatic carbocycles. The molecule has 1 rings (SSSR count). The summed E-state index contributed by atoms with van der Waals surface area (Å²) in [5.74, 6) is 0.448. The summed E-state index contributed by atoms with van der Waals surface area (Å²) < 4.78 is 11.0. The van der Waals surface area contributed by atoms with E-state index in [2.05, 4.69) is 31.3 Å². The third-order valence-electron chi connectivity index (χ3n) is 4.76. The number of likely N-dealkylation sites (tertiary alicyclic amines) is 1. The van der Waals surface area contributed by atoms with E-state index in [0.717, 1.165) is 38.0 Å². The Bertz CT molecular complexity index is 502. The largest absolute Gasteiger partial charge is 0.444 e. The molecular formula is C21H38N2O3. The lowest BCUT2D eigenvalue weighted by Gasteiger charge is -2.26. The van der Waals surface area contributed by atoms with Crippen molar-refractivity contribution in [3.05, 3.63) is 23.4 Å². The first kappa shape index (κ1) is 22.6. The van der Waals surface area contributed by atoms with E-state index in [0.29, 0.717) is 12.5 Å². The van der Waals surface area contributed by atoms with Crippen LogP contribution in [0.15, 0.2) is 23.4 Å². The van der Waals surface area contributed by atoms with Crippen LogP contribution in [0.4, 0.5) is 4.79 Å². The predicted molar refractivity (Wildman–Crippen MR) is 107 cm³/mol. The Kier molecular flexibility index (Phi) is 9.20. The molecular weight excluding hydrogens is 328 g/mol. The molecule has 0 radical (unpaired) electrons. The molecule has 26 heavy (non-hydrogen) atoms. The summed E-state index contributed by atoms with van der Waals surface area (Å²) in [6.45, 7) is 14.4. The van der Waals surface area contributed by atoms with Crippen LogP contribution in [0.1, 0.15) is 60.8 Å². The average molecular weight is 367 g/mol. The van der Waals surface area contributed by atoms with Crippen LogP contribution in [0.2, 0.25) is 0 Å². The highest BCUT2D eigenvalue weighted by molar-refractivity contribution is 5.68. The maximum atomic E-state index is 12.3. The number of ether oxygens (including phenoxy) is 2. The van der Waals surface area contributed by atoms with Gasteiger partial charge in [-0.25, -0.2) is 4.79 Å². The quantitative estimate of drug-likeness (QED) is 0.752. The van der Waals surface area contributed by atoms with Crippen molar-refractivity contribution in [2.45, 2.75) is 72.5 Å². The molecule has 5 nitrogen and oxygen atoms in total. The van der Waals surface area contributed by atoms with E-state index in [9.17, 15) is 4.79 Å². The van der Waals surface area contributed by atoms with Gasteiger partial charge in [-0.2, -0.15) is 0 Å². The molecule has 5 heteroatoms. The Labute approximate surface area is 159 Å². The number of nitrogens with one attached hydrogen (secondary N) is 1. The number of allylic oxidation sites excluding steroid dienone is 2. The van der Waals surface area contributed by atoms with Crippen molar-refractivity contribution < 1.29 is 14.3 Å². The zero-order valence-electron chi connectivity index (χ0n) is 17.7. The highest BCUT2D eigenvalue weighted by Crippen LogP contribution is 2.25. The summed E-state index contributed by atoms with van der Waals surface area (Å²) in [6.07, 6.45) is 7.17. The second kappa shape index (κ2) is 10.6. The van der Waals surface area contributed by atoms with E-state index in [1.807, 2.05) is 32.6 Å². The van der Waals surface area contributed by atoms with Gasteiger partial charge < -0.3 is 19.7 Å². The van der Waals surface area contributed by atoms with Crippen molar-refractivity contribution in [3.63, 3.8) is 0 Å². The van der Waals surface area contributed by atoms with Gasteiger partial charge >= 0.3 is 6.09 Å². The van der Waals surface area contributed by atoms with Gasteiger partial charge in [-0.15, -0.1) is 0 Å². The van der Waals surface area contributed by atoms with E-state index in [-0.39, 0.29) is 12.2 Å². The molecule has 0 aromatic heterocycles. The molecule has 150 valence electrons. The summed E-state index contributed by atoms with van der Waals surface area (Å²) in [5.41, 5.74) is 2.04. The van der Waals surface area contributed by atoms with Gasteiger partial charge in [0.25, 0.3) is 0 Å². The van der Waals surface area contributed by atoms with Gasteiger partial charge in [-0.1, -0.05) is 25.5 Å². The summed E-state index contributed by atoms with van der Waals surface area (Å²) in [5, 5.41) is 3.48. The molecule has 0 saturated carbocycles. The molecule has 1 saturated heterocycles. The number of rotatable bonds is 6. The molecule has 0 bridgehead atoms. The second-order valence-corrected chi connectivity index (χ2v) is 8.02. The highest BCUT2D eigenvalue weighted by atomic mass is 16.6. The van der Waals surface area contributed by atoms with Crippen molar-refractivity contribution in [2.24, 2.45) is 5.92 Å². The summed E-state index contributed by atoms with van der Waals surface area (Å²) in [4.78, 5) is 14.2. The number of hydrogen-bond donors (Lipinski definition) is 1. The maximum Gasteiger partial charge on any atom is 0.410 e. The number of methoxy groups -OCH3 is 1. The second-order valence-electron chi connectivity index (χ2n) is 8.02. The first-order valence-electron chi connectivity index (χ1n) is 9.81. The van der Waals surface area contributed by atoms with Crippen LogP contribution in [0, 0.1) is 5.92 Å². The molecule has 1 N–H and O–H groups in total. The van der Waals surface area contributed by atoms with Crippen molar-refractivity contribution >= 4 is 6.09 Å². The third kappa shape index (κ3) is 7.81. The van der Waals surface area contributed by atoms with Crippen molar-refractivity contribution in [1.82, 2.24) is 10.2 Å². The first-order chi connectivity index (χ1) is 12.2. The van der Waals surface area contributed by atoms with Gasteiger partial charge in [-0.05, 0) is 59.0 Å². The van der Waals surface area contributed by atoms with Crippen LogP contribution in [0.25, 0.3) is 0 Å². The van der Waals surface area contributed by atoms with Gasteiger partial charge in [0.1, 0.15) is 5.60 Å². The van der Waals surface area contributed by atoms with Crippen LogP contribution < -0.4 is 5.32 Å². The van der Waals surface area contributed by atoms with Gasteiger partial charge in [0.05, 0.1) is 6.10 Å². The van der Waals surface area contributed by atoms with Gasteiger partial charge in [0.15, 0.2) is 0 Å². The van der Waals surface area contributed by atoms with Crippen molar-refractivity contribution in [1.29, 1.82) is 0 Å². The number of hydrogen-bond acceptors (Lipinski definition) is 4. The number of carbonyl (C=O) groups excluding carboxylic acids is 1. The molecule has 0 spiro atoms. The fraction of sp³-hybridized carbons (Fsp3) is 0.762. The van der Waals surface area contributed by atoms with Crippen LogP contribution in [-0.2, 0) is 9.47 Å². The minimum absolute atomic E-state index is 0.207.